The fraction of sp³-hybridized carbons (Fsp3) is 0.276. The van der Waals surface area contributed by atoms with Gasteiger partial charge in [0.25, 0.3) is 0 Å². The van der Waals surface area contributed by atoms with Gasteiger partial charge in [0.15, 0.2) is 0 Å². The third-order valence-corrected chi connectivity index (χ3v) is 9.52. The van der Waals surface area contributed by atoms with E-state index < -0.39 is 28.1 Å². The third-order valence-electron chi connectivity index (χ3n) is 7.14. The second-order valence-corrected chi connectivity index (χ2v) is 12.9. The van der Waals surface area contributed by atoms with E-state index >= 15 is 0 Å². The average Bonchev–Trinajstić information content (AvgIpc) is 3.38. The van der Waals surface area contributed by atoms with E-state index in [2.05, 4.69) is 10.0 Å². The van der Waals surface area contributed by atoms with E-state index in [0.717, 1.165) is 5.56 Å². The molecule has 5 rings (SSSR count). The number of ether oxygens (including phenoxy) is 1. The standard InChI is InChI=1S/C29H28Cl3N5O5S/c1-3-42-23-15-22(32)24(43(40,41)33-2)14-21(23)28-35-26(17-4-8-19(30)9-5-17)27(18-6-10-20(31)11-7-18)37(28)29(39)36-13-12-34-25(38)16-36/h4-11,14-15,26-27,33H,3,12-13,16H2,1-2H3,(H,34,38)/t26-,27+/m0/s1. The van der Waals surface area contributed by atoms with Crippen molar-refractivity contribution in [1.82, 2.24) is 19.8 Å². The maximum Gasteiger partial charge on any atom is 0.326 e. The quantitative estimate of drug-likeness (QED) is 0.366. The molecule has 1 saturated heterocycles. The van der Waals surface area contributed by atoms with Gasteiger partial charge >= 0.3 is 6.03 Å². The minimum absolute atomic E-state index is 0.0609. The van der Waals surface area contributed by atoms with E-state index in [1.165, 1.54) is 29.0 Å². The summed E-state index contributed by atoms with van der Waals surface area (Å²) in [5.74, 6) is 0.101. The van der Waals surface area contributed by atoms with Crippen molar-refractivity contribution in [2.24, 2.45) is 4.99 Å². The Kier molecular flexibility index (Phi) is 9.19. The van der Waals surface area contributed by atoms with Crippen LogP contribution >= 0.6 is 34.8 Å². The molecule has 0 bridgehead atoms. The Morgan fingerprint density at radius 2 is 1.67 bits per heavy atom. The molecule has 0 radical (unpaired) electrons. The zero-order chi connectivity index (χ0) is 30.9. The van der Waals surface area contributed by atoms with Crippen molar-refractivity contribution in [1.29, 1.82) is 0 Å². The fourth-order valence-corrected chi connectivity index (χ4v) is 6.63. The highest BCUT2D eigenvalue weighted by Crippen LogP contribution is 2.46. The zero-order valence-electron chi connectivity index (χ0n) is 23.2. The van der Waals surface area contributed by atoms with Gasteiger partial charge in [0, 0.05) is 29.2 Å². The van der Waals surface area contributed by atoms with E-state index in [9.17, 15) is 18.0 Å². The normalized spacial score (nSPS) is 18.8. The van der Waals surface area contributed by atoms with Crippen molar-refractivity contribution in [2.75, 3.05) is 33.3 Å². The van der Waals surface area contributed by atoms with E-state index in [-0.39, 0.29) is 59.2 Å². The first-order valence-corrected chi connectivity index (χ1v) is 16.0. The van der Waals surface area contributed by atoms with E-state index in [0.29, 0.717) is 15.6 Å². The molecular weight excluding hydrogens is 637 g/mol. The molecule has 2 N–H and O–H groups in total. The average molecular weight is 665 g/mol. The number of halogens is 3. The van der Waals surface area contributed by atoms with Crippen LogP contribution in [0.2, 0.25) is 15.1 Å². The zero-order valence-corrected chi connectivity index (χ0v) is 26.3. The molecule has 43 heavy (non-hydrogen) atoms. The van der Waals surface area contributed by atoms with Crippen molar-refractivity contribution < 1.29 is 22.7 Å². The van der Waals surface area contributed by atoms with Crippen LogP contribution in [0, 0.1) is 0 Å². The smallest absolute Gasteiger partial charge is 0.326 e. The number of benzene rings is 3. The van der Waals surface area contributed by atoms with E-state index in [1.807, 2.05) is 12.1 Å². The Morgan fingerprint density at radius 3 is 2.26 bits per heavy atom. The number of hydrogen-bond acceptors (Lipinski definition) is 6. The molecule has 0 unspecified atom stereocenters. The fourth-order valence-electron chi connectivity index (χ4n) is 5.11. The maximum atomic E-state index is 14.4. The molecule has 3 amide bonds. The van der Waals surface area contributed by atoms with Crippen LogP contribution < -0.4 is 14.8 Å². The molecule has 3 aromatic rings. The molecule has 2 heterocycles. The number of amidine groups is 1. The first kappa shape index (κ1) is 31.1. The highest BCUT2D eigenvalue weighted by atomic mass is 35.5. The lowest BCUT2D eigenvalue weighted by Gasteiger charge is -2.36. The molecule has 0 spiro atoms. The molecule has 2 aliphatic heterocycles. The van der Waals surface area contributed by atoms with Gasteiger partial charge in [0.1, 0.15) is 29.1 Å². The summed E-state index contributed by atoms with van der Waals surface area (Å²) in [5, 5.41) is 3.71. The Morgan fingerprint density at radius 1 is 1.05 bits per heavy atom. The topological polar surface area (TPSA) is 120 Å². The van der Waals surface area contributed by atoms with Crippen molar-refractivity contribution in [3.05, 3.63) is 92.4 Å². The lowest BCUT2D eigenvalue weighted by Crippen LogP contribution is -2.55. The maximum absolute atomic E-state index is 14.4. The number of rotatable bonds is 7. The molecule has 2 atom stereocenters. The van der Waals surface area contributed by atoms with Crippen LogP contribution in [0.15, 0.2) is 70.6 Å². The number of carbonyl (C=O) groups is 2. The number of hydrogen-bond donors (Lipinski definition) is 2. The predicted octanol–water partition coefficient (Wildman–Crippen LogP) is 5.05. The first-order valence-electron chi connectivity index (χ1n) is 13.4. The Balaban J connectivity index is 1.78. The van der Waals surface area contributed by atoms with Gasteiger partial charge < -0.3 is 15.0 Å². The van der Waals surface area contributed by atoms with E-state index in [1.54, 1.807) is 43.3 Å². The van der Waals surface area contributed by atoms with Crippen molar-refractivity contribution in [3.8, 4) is 5.75 Å². The number of amides is 3. The minimum atomic E-state index is -4.01. The summed E-state index contributed by atoms with van der Waals surface area (Å²) in [6.07, 6.45) is 0. The largest absolute Gasteiger partial charge is 0.493 e. The van der Waals surface area contributed by atoms with Gasteiger partial charge in [-0.1, -0.05) is 59.1 Å². The number of nitrogens with one attached hydrogen (secondary N) is 2. The van der Waals surface area contributed by atoms with Gasteiger partial charge in [-0.15, -0.1) is 0 Å². The molecule has 3 aromatic carbocycles. The molecule has 10 nitrogen and oxygen atoms in total. The van der Waals surface area contributed by atoms with Crippen LogP contribution in [0.1, 0.15) is 35.7 Å². The Labute approximate surface area is 264 Å². The van der Waals surface area contributed by atoms with Gasteiger partial charge in [-0.2, -0.15) is 0 Å². The van der Waals surface area contributed by atoms with Crippen molar-refractivity contribution in [2.45, 2.75) is 23.9 Å². The first-order chi connectivity index (χ1) is 20.5. The van der Waals surface area contributed by atoms with Gasteiger partial charge in [-0.05, 0) is 55.4 Å². The number of piperazine rings is 1. The summed E-state index contributed by atoms with van der Waals surface area (Å²) in [7, 11) is -2.73. The highest BCUT2D eigenvalue weighted by molar-refractivity contribution is 7.89. The van der Waals surface area contributed by atoms with Crippen molar-refractivity contribution in [3.63, 3.8) is 0 Å². The van der Waals surface area contributed by atoms with E-state index in [4.69, 9.17) is 44.5 Å². The minimum Gasteiger partial charge on any atom is -0.493 e. The SMILES string of the molecule is CCOc1cc(Cl)c(S(=O)(=O)NC)cc1C1=N[C@@H](c2ccc(Cl)cc2)[C@@H](c2ccc(Cl)cc2)N1C(=O)N1CCNC(=O)C1. The molecule has 1 fully saturated rings. The lowest BCUT2D eigenvalue weighted by atomic mass is 9.93. The summed E-state index contributed by atoms with van der Waals surface area (Å²) in [6, 6.07) is 15.1. The van der Waals surface area contributed by atoms with Gasteiger partial charge in [0.05, 0.1) is 23.2 Å². The molecule has 2 aliphatic rings. The molecule has 0 aliphatic carbocycles. The summed E-state index contributed by atoms with van der Waals surface area (Å²) in [6.45, 7) is 2.41. The second kappa shape index (κ2) is 12.7. The summed E-state index contributed by atoms with van der Waals surface area (Å²) in [5.41, 5.74) is 1.71. The number of carbonyl (C=O) groups excluding carboxylic acids is 2. The predicted molar refractivity (Wildman–Crippen MR) is 166 cm³/mol. The summed E-state index contributed by atoms with van der Waals surface area (Å²) >= 11 is 18.9. The molecular formula is C29H28Cl3N5O5S. The monoisotopic (exact) mass is 663 g/mol. The Hall–Kier alpha value is -3.35. The second-order valence-electron chi connectivity index (χ2n) is 9.79. The molecule has 226 valence electrons. The van der Waals surface area contributed by atoms with Crippen LogP contribution in [0.3, 0.4) is 0 Å². The number of aliphatic imine (C=N–C) groups is 1. The summed E-state index contributed by atoms with van der Waals surface area (Å²) < 4.78 is 34.1. The number of nitrogens with zero attached hydrogens (tertiary/aromatic N) is 3. The highest BCUT2D eigenvalue weighted by Gasteiger charge is 2.45. The van der Waals surface area contributed by atoms with Crippen LogP contribution in [-0.4, -0.2) is 69.3 Å². The molecule has 0 aromatic heterocycles. The van der Waals surface area contributed by atoms with Crippen LogP contribution in [0.4, 0.5) is 4.79 Å². The number of urea groups is 1. The van der Waals surface area contributed by atoms with Gasteiger partial charge in [-0.25, -0.2) is 17.9 Å². The van der Waals surface area contributed by atoms with Crippen LogP contribution in [0.25, 0.3) is 0 Å². The van der Waals surface area contributed by atoms with Gasteiger partial charge in [-0.3, -0.25) is 14.7 Å². The van der Waals surface area contributed by atoms with Gasteiger partial charge in [0.2, 0.25) is 15.9 Å². The van der Waals surface area contributed by atoms with Crippen LogP contribution in [0.5, 0.6) is 5.75 Å². The molecule has 14 heteroatoms. The van der Waals surface area contributed by atoms with Crippen LogP contribution in [-0.2, 0) is 14.8 Å². The third kappa shape index (κ3) is 6.32. The number of sulfonamides is 1. The lowest BCUT2D eigenvalue weighted by molar-refractivity contribution is -0.123. The van der Waals surface area contributed by atoms with Crippen molar-refractivity contribution >= 4 is 62.6 Å². The summed E-state index contributed by atoms with van der Waals surface area (Å²) in [4.78, 5) is 34.5. The molecule has 0 saturated carbocycles. The Bertz CT molecular complexity index is 1680.